The number of hydrogen-bond donors (Lipinski definition) is 0. The highest BCUT2D eigenvalue weighted by Crippen LogP contribution is 2.31. The van der Waals surface area contributed by atoms with Gasteiger partial charge in [-0.3, -0.25) is 9.88 Å². The van der Waals surface area contributed by atoms with Gasteiger partial charge in [0.1, 0.15) is 0 Å². The molecule has 160 valence electrons. The van der Waals surface area contributed by atoms with Crippen LogP contribution in [0.4, 0.5) is 0 Å². The van der Waals surface area contributed by atoms with E-state index in [0.717, 1.165) is 30.9 Å². The number of hydrogen-bond acceptors (Lipinski definition) is 6. The highest BCUT2D eigenvalue weighted by Gasteiger charge is 2.31. The number of rotatable bonds is 8. The van der Waals surface area contributed by atoms with Crippen LogP contribution in [0.5, 0.6) is 0 Å². The lowest BCUT2D eigenvalue weighted by Gasteiger charge is -2.32. The molecule has 3 aromatic heterocycles. The van der Waals surface area contributed by atoms with Crippen molar-refractivity contribution in [1.82, 2.24) is 30.1 Å². The van der Waals surface area contributed by atoms with E-state index in [2.05, 4.69) is 100 Å². The molecule has 7 heteroatoms. The molecule has 4 rings (SSSR count). The van der Waals surface area contributed by atoms with Crippen molar-refractivity contribution in [3.05, 3.63) is 94.2 Å². The number of pyridine rings is 1. The highest BCUT2D eigenvalue weighted by molar-refractivity contribution is 7.09. The van der Waals surface area contributed by atoms with Crippen LogP contribution in [0.25, 0.3) is 0 Å². The maximum Gasteiger partial charge on any atom is 0.173 e. The van der Waals surface area contributed by atoms with Gasteiger partial charge < -0.3 is 0 Å². The van der Waals surface area contributed by atoms with Crippen LogP contribution in [0.1, 0.15) is 48.6 Å². The van der Waals surface area contributed by atoms with E-state index in [1.165, 1.54) is 10.4 Å². The molecule has 0 saturated carbocycles. The maximum atomic E-state index is 4.50. The molecule has 31 heavy (non-hydrogen) atoms. The summed E-state index contributed by atoms with van der Waals surface area (Å²) in [4.78, 5) is 8.18. The van der Waals surface area contributed by atoms with Crippen LogP contribution in [0.15, 0.2) is 72.4 Å². The van der Waals surface area contributed by atoms with Crippen LogP contribution in [0.2, 0.25) is 0 Å². The Morgan fingerprint density at radius 3 is 2.55 bits per heavy atom. The molecule has 4 aromatic rings. The van der Waals surface area contributed by atoms with Gasteiger partial charge in [0.2, 0.25) is 0 Å². The summed E-state index contributed by atoms with van der Waals surface area (Å²) >= 11 is 1.78. The van der Waals surface area contributed by atoms with E-state index >= 15 is 0 Å². The number of tetrazole rings is 1. The van der Waals surface area contributed by atoms with Crippen LogP contribution in [-0.4, -0.2) is 36.6 Å². The first-order valence-corrected chi connectivity index (χ1v) is 11.4. The Kier molecular flexibility index (Phi) is 6.53. The van der Waals surface area contributed by atoms with Crippen molar-refractivity contribution in [3.8, 4) is 0 Å². The second-order valence-corrected chi connectivity index (χ2v) is 9.63. The van der Waals surface area contributed by atoms with E-state index in [1.807, 2.05) is 16.9 Å². The van der Waals surface area contributed by atoms with Crippen molar-refractivity contribution in [1.29, 1.82) is 0 Å². The molecule has 0 aliphatic carbocycles. The van der Waals surface area contributed by atoms with Crippen molar-refractivity contribution < 1.29 is 0 Å². The molecule has 0 saturated heterocycles. The maximum absolute atomic E-state index is 4.50. The Labute approximate surface area is 187 Å². The molecule has 0 amide bonds. The molecule has 1 atom stereocenters. The molecule has 0 unspecified atom stereocenters. The SMILES string of the molecule is CC(C)(C)n1nnnc1[C@H](c1cccnc1)N(CCc1ccccc1)Cc1cccs1. The topological polar surface area (TPSA) is 59.7 Å². The fourth-order valence-corrected chi connectivity index (χ4v) is 4.45. The largest absolute Gasteiger partial charge is 0.284 e. The standard InChI is InChI=1S/C24H28N6S/c1-24(2,3)30-23(26-27-28-30)22(20-11-7-14-25-17-20)29(18-21-12-8-16-31-21)15-13-19-9-5-4-6-10-19/h4-12,14,16-17,22H,13,15,18H2,1-3H3/t22-/m0/s1. The van der Waals surface area contributed by atoms with Crippen molar-refractivity contribution in [2.24, 2.45) is 0 Å². The van der Waals surface area contributed by atoms with E-state index in [0.29, 0.717) is 0 Å². The molecule has 0 fully saturated rings. The first-order chi connectivity index (χ1) is 15.0. The zero-order chi connectivity index (χ0) is 21.7. The third-order valence-electron chi connectivity index (χ3n) is 5.21. The van der Waals surface area contributed by atoms with E-state index in [4.69, 9.17) is 0 Å². The lowest BCUT2D eigenvalue weighted by molar-refractivity contribution is 0.197. The van der Waals surface area contributed by atoms with Gasteiger partial charge in [-0.2, -0.15) is 0 Å². The molecular formula is C24H28N6S. The first kappa shape index (κ1) is 21.3. The first-order valence-electron chi connectivity index (χ1n) is 10.5. The smallest absolute Gasteiger partial charge is 0.173 e. The lowest BCUT2D eigenvalue weighted by Crippen LogP contribution is -2.36. The molecule has 0 aliphatic rings. The monoisotopic (exact) mass is 432 g/mol. The van der Waals surface area contributed by atoms with Gasteiger partial charge in [-0.15, -0.1) is 16.4 Å². The summed E-state index contributed by atoms with van der Waals surface area (Å²) in [6.07, 6.45) is 4.68. The Bertz CT molecular complexity index is 1050. The van der Waals surface area contributed by atoms with Crippen LogP contribution in [0.3, 0.4) is 0 Å². The average Bonchev–Trinajstić information content (AvgIpc) is 3.46. The van der Waals surface area contributed by atoms with Crippen LogP contribution >= 0.6 is 11.3 Å². The molecule has 0 N–H and O–H groups in total. The molecule has 3 heterocycles. The van der Waals surface area contributed by atoms with Gasteiger partial charge >= 0.3 is 0 Å². The summed E-state index contributed by atoms with van der Waals surface area (Å²) in [5.74, 6) is 0.838. The van der Waals surface area contributed by atoms with E-state index in [1.54, 1.807) is 17.5 Å². The van der Waals surface area contributed by atoms with Crippen molar-refractivity contribution in [2.45, 2.75) is 45.3 Å². The van der Waals surface area contributed by atoms with Gasteiger partial charge in [-0.25, -0.2) is 4.68 Å². The number of benzene rings is 1. The molecule has 0 aliphatic heterocycles. The van der Waals surface area contributed by atoms with Crippen molar-refractivity contribution in [3.63, 3.8) is 0 Å². The van der Waals surface area contributed by atoms with Gasteiger partial charge in [0.15, 0.2) is 5.82 Å². The third-order valence-corrected chi connectivity index (χ3v) is 6.07. The van der Waals surface area contributed by atoms with Crippen LogP contribution in [-0.2, 0) is 18.5 Å². The van der Waals surface area contributed by atoms with Gasteiger partial charge in [-0.05, 0) is 66.3 Å². The molecule has 6 nitrogen and oxygen atoms in total. The summed E-state index contributed by atoms with van der Waals surface area (Å²) < 4.78 is 1.94. The summed E-state index contributed by atoms with van der Waals surface area (Å²) in [7, 11) is 0. The normalized spacial score (nSPS) is 12.9. The summed E-state index contributed by atoms with van der Waals surface area (Å²) in [6.45, 7) is 8.07. The van der Waals surface area contributed by atoms with E-state index in [-0.39, 0.29) is 11.6 Å². The van der Waals surface area contributed by atoms with Crippen molar-refractivity contribution in [2.75, 3.05) is 6.54 Å². The molecular weight excluding hydrogens is 404 g/mol. The second-order valence-electron chi connectivity index (χ2n) is 8.59. The number of nitrogens with zero attached hydrogens (tertiary/aromatic N) is 6. The Morgan fingerprint density at radius 2 is 1.87 bits per heavy atom. The Morgan fingerprint density at radius 1 is 1.03 bits per heavy atom. The molecule has 0 spiro atoms. The molecule has 0 radical (unpaired) electrons. The van der Waals surface area contributed by atoms with Gasteiger partial charge in [0.05, 0.1) is 11.6 Å². The van der Waals surface area contributed by atoms with Crippen LogP contribution in [0, 0.1) is 0 Å². The third kappa shape index (κ3) is 5.24. The van der Waals surface area contributed by atoms with Crippen LogP contribution < -0.4 is 0 Å². The molecule has 0 bridgehead atoms. The zero-order valence-electron chi connectivity index (χ0n) is 18.2. The quantitative estimate of drug-likeness (QED) is 0.403. The minimum absolute atomic E-state index is 0.103. The van der Waals surface area contributed by atoms with E-state index < -0.39 is 0 Å². The average molecular weight is 433 g/mol. The summed E-state index contributed by atoms with van der Waals surface area (Å²) in [5.41, 5.74) is 2.18. The highest BCUT2D eigenvalue weighted by atomic mass is 32.1. The number of thiophene rings is 1. The summed E-state index contributed by atoms with van der Waals surface area (Å²) in [5, 5.41) is 15.0. The fourth-order valence-electron chi connectivity index (χ4n) is 3.72. The predicted octanol–water partition coefficient (Wildman–Crippen LogP) is 4.72. The van der Waals surface area contributed by atoms with Gasteiger partial charge in [0, 0.05) is 30.4 Å². The molecule has 1 aromatic carbocycles. The fraction of sp³-hybridized carbons (Fsp3) is 0.333. The summed E-state index contributed by atoms with van der Waals surface area (Å²) in [6, 6.07) is 18.9. The predicted molar refractivity (Wildman–Crippen MR) is 124 cm³/mol. The van der Waals surface area contributed by atoms with Gasteiger partial charge in [0.25, 0.3) is 0 Å². The van der Waals surface area contributed by atoms with Crippen molar-refractivity contribution >= 4 is 11.3 Å². The minimum Gasteiger partial charge on any atom is -0.284 e. The number of aromatic nitrogens is 5. The second kappa shape index (κ2) is 9.49. The van der Waals surface area contributed by atoms with Gasteiger partial charge in [-0.1, -0.05) is 42.5 Å². The Hall–Kier alpha value is -2.90. The minimum atomic E-state index is -0.229. The zero-order valence-corrected chi connectivity index (χ0v) is 19.0. The van der Waals surface area contributed by atoms with E-state index in [9.17, 15) is 0 Å². The Balaban J connectivity index is 1.75. The lowest BCUT2D eigenvalue weighted by atomic mass is 10.0.